The highest BCUT2D eigenvalue weighted by atomic mass is 16.5. The average molecular weight is 905 g/mol. The Kier molecular flexibility index (Phi) is 53.0. The van der Waals surface area contributed by atoms with Crippen LogP contribution in [0.15, 0.2) is 12.2 Å². The molecule has 6 nitrogen and oxygen atoms in total. The molecule has 0 rings (SSSR count). The van der Waals surface area contributed by atoms with Gasteiger partial charge in [0.05, 0.1) is 25.4 Å². The van der Waals surface area contributed by atoms with Gasteiger partial charge in [0.15, 0.2) is 0 Å². The molecule has 0 bridgehead atoms. The highest BCUT2D eigenvalue weighted by Gasteiger charge is 2.20. The van der Waals surface area contributed by atoms with E-state index in [1.165, 1.54) is 244 Å². The largest absolute Gasteiger partial charge is 0.466 e. The molecule has 0 aliphatic heterocycles. The molecule has 2 unspecified atom stereocenters. The smallest absolute Gasteiger partial charge is 0.305 e. The molecule has 2 atom stereocenters. The summed E-state index contributed by atoms with van der Waals surface area (Å²) in [6, 6.07) is -0.545. The van der Waals surface area contributed by atoms with Crippen LogP contribution in [-0.2, 0) is 14.3 Å². The van der Waals surface area contributed by atoms with E-state index in [2.05, 4.69) is 31.3 Å². The summed E-state index contributed by atoms with van der Waals surface area (Å²) in [5.41, 5.74) is 0. The molecule has 380 valence electrons. The number of esters is 1. The Morgan fingerprint density at radius 1 is 0.422 bits per heavy atom. The maximum Gasteiger partial charge on any atom is 0.305 e. The van der Waals surface area contributed by atoms with Crippen LogP contribution in [-0.4, -0.2) is 47.4 Å². The van der Waals surface area contributed by atoms with E-state index in [0.717, 1.165) is 44.9 Å². The molecule has 0 aromatic carbocycles. The second kappa shape index (κ2) is 54.2. The van der Waals surface area contributed by atoms with E-state index in [1.54, 1.807) is 0 Å². The number of unbranched alkanes of at least 4 members (excludes halogenated alkanes) is 41. The predicted molar refractivity (Wildman–Crippen MR) is 278 cm³/mol. The first-order valence-corrected chi connectivity index (χ1v) is 28.9. The van der Waals surface area contributed by atoms with Crippen LogP contribution in [0.25, 0.3) is 0 Å². The number of allylic oxidation sites excluding steroid dienone is 2. The fourth-order valence-corrected chi connectivity index (χ4v) is 9.11. The second-order valence-electron chi connectivity index (χ2n) is 20.0. The van der Waals surface area contributed by atoms with Crippen molar-refractivity contribution in [3.8, 4) is 0 Å². The molecule has 0 spiro atoms. The second-order valence-corrected chi connectivity index (χ2v) is 20.0. The maximum absolute atomic E-state index is 12.4. The molecule has 1 amide bonds. The van der Waals surface area contributed by atoms with E-state index in [1.807, 2.05) is 0 Å². The van der Waals surface area contributed by atoms with Crippen LogP contribution in [0.4, 0.5) is 0 Å². The summed E-state index contributed by atoms with van der Waals surface area (Å²) in [6.45, 7) is 4.94. The van der Waals surface area contributed by atoms with Gasteiger partial charge in [-0.1, -0.05) is 270 Å². The summed E-state index contributed by atoms with van der Waals surface area (Å²) in [7, 11) is 0. The average Bonchev–Trinajstić information content (AvgIpc) is 3.29. The van der Waals surface area contributed by atoms with Gasteiger partial charge in [-0.15, -0.1) is 0 Å². The minimum absolute atomic E-state index is 0.00325. The van der Waals surface area contributed by atoms with Crippen LogP contribution in [0.2, 0.25) is 0 Å². The molecule has 3 N–H and O–H groups in total. The lowest BCUT2D eigenvalue weighted by atomic mass is 10.0. The molecule has 0 aromatic heterocycles. The molecule has 0 fully saturated rings. The topological polar surface area (TPSA) is 95.9 Å². The molecule has 0 aliphatic rings. The van der Waals surface area contributed by atoms with Gasteiger partial charge >= 0.3 is 5.97 Å². The highest BCUT2D eigenvalue weighted by molar-refractivity contribution is 5.76. The van der Waals surface area contributed by atoms with E-state index in [0.29, 0.717) is 25.9 Å². The Morgan fingerprint density at radius 2 is 0.734 bits per heavy atom. The van der Waals surface area contributed by atoms with Gasteiger partial charge in [0, 0.05) is 12.8 Å². The fraction of sp³-hybridized carbons (Fsp3) is 0.931. The summed E-state index contributed by atoms with van der Waals surface area (Å²) < 4.78 is 5.49. The molecule has 0 heterocycles. The Balaban J connectivity index is 3.38. The third-order valence-corrected chi connectivity index (χ3v) is 13.6. The summed E-state index contributed by atoms with van der Waals surface area (Å²) in [4.78, 5) is 24.5. The number of amides is 1. The Bertz CT molecular complexity index is 955. The van der Waals surface area contributed by atoms with Crippen LogP contribution < -0.4 is 5.32 Å². The summed E-state index contributed by atoms with van der Waals surface area (Å²) in [6.07, 6.45) is 63.4. The van der Waals surface area contributed by atoms with Crippen molar-refractivity contribution in [3.63, 3.8) is 0 Å². The third kappa shape index (κ3) is 50.0. The van der Waals surface area contributed by atoms with E-state index in [9.17, 15) is 19.8 Å². The lowest BCUT2D eigenvalue weighted by Crippen LogP contribution is -2.45. The highest BCUT2D eigenvalue weighted by Crippen LogP contribution is 2.17. The SMILES string of the molecule is CCCCCCCC/C=C\CCCCCCCCCCCC(=O)OCCCCCCCCCCCCCCCCCCC(=O)NC(CO)C(O)CCCCCCCCCCCCCC. The van der Waals surface area contributed by atoms with Gasteiger partial charge in [-0.3, -0.25) is 9.59 Å². The number of aliphatic hydroxyl groups is 2. The van der Waals surface area contributed by atoms with Crippen LogP contribution in [0.5, 0.6) is 0 Å². The van der Waals surface area contributed by atoms with Gasteiger partial charge in [-0.25, -0.2) is 0 Å². The van der Waals surface area contributed by atoms with Crippen molar-refractivity contribution in [2.75, 3.05) is 13.2 Å². The number of carbonyl (C=O) groups excluding carboxylic acids is 2. The van der Waals surface area contributed by atoms with Gasteiger partial charge in [0.1, 0.15) is 0 Å². The van der Waals surface area contributed by atoms with Crippen molar-refractivity contribution in [1.29, 1.82) is 0 Å². The van der Waals surface area contributed by atoms with Gasteiger partial charge in [-0.2, -0.15) is 0 Å². The number of rotatable bonds is 54. The van der Waals surface area contributed by atoms with Crippen molar-refractivity contribution in [2.45, 2.75) is 334 Å². The zero-order valence-electron chi connectivity index (χ0n) is 43.3. The molecule has 6 heteroatoms. The summed E-state index contributed by atoms with van der Waals surface area (Å²) in [5.74, 6) is -0.0378. The molecule has 0 radical (unpaired) electrons. The monoisotopic (exact) mass is 904 g/mol. The number of hydrogen-bond acceptors (Lipinski definition) is 5. The zero-order chi connectivity index (χ0) is 46.5. The molecule has 64 heavy (non-hydrogen) atoms. The Hall–Kier alpha value is -1.40. The van der Waals surface area contributed by atoms with Crippen molar-refractivity contribution in [2.24, 2.45) is 0 Å². The normalized spacial score (nSPS) is 12.6. The predicted octanol–water partition coefficient (Wildman–Crippen LogP) is 17.7. The molecule has 0 saturated heterocycles. The van der Waals surface area contributed by atoms with Gasteiger partial charge in [0.25, 0.3) is 0 Å². The zero-order valence-corrected chi connectivity index (χ0v) is 43.3. The van der Waals surface area contributed by atoms with E-state index >= 15 is 0 Å². The van der Waals surface area contributed by atoms with Crippen molar-refractivity contribution in [3.05, 3.63) is 12.2 Å². The number of aliphatic hydroxyl groups excluding tert-OH is 2. The van der Waals surface area contributed by atoms with Crippen LogP contribution >= 0.6 is 0 Å². The van der Waals surface area contributed by atoms with E-state index in [4.69, 9.17) is 4.74 Å². The quantitative estimate of drug-likeness (QED) is 0.0321. The van der Waals surface area contributed by atoms with Crippen LogP contribution in [0.1, 0.15) is 322 Å². The minimum atomic E-state index is -0.667. The maximum atomic E-state index is 12.4. The summed E-state index contributed by atoms with van der Waals surface area (Å²) in [5, 5.41) is 23.2. The van der Waals surface area contributed by atoms with Crippen LogP contribution in [0, 0.1) is 0 Å². The van der Waals surface area contributed by atoms with E-state index < -0.39 is 12.1 Å². The van der Waals surface area contributed by atoms with Crippen molar-refractivity contribution in [1.82, 2.24) is 5.32 Å². The van der Waals surface area contributed by atoms with Gasteiger partial charge in [0.2, 0.25) is 5.91 Å². The van der Waals surface area contributed by atoms with Gasteiger partial charge in [-0.05, 0) is 51.4 Å². The molecule has 0 aliphatic carbocycles. The number of carbonyl (C=O) groups is 2. The molecule has 0 aromatic rings. The minimum Gasteiger partial charge on any atom is -0.466 e. The standard InChI is InChI=1S/C58H113NO5/c1-3-5-7-9-11-13-15-17-18-19-20-21-25-28-32-36-40-44-48-52-58(63)64-53-49-45-41-37-33-29-26-23-22-24-27-31-35-39-43-47-51-57(62)59-55(54-60)56(61)50-46-42-38-34-30-16-14-12-10-8-6-4-2/h17-18,55-56,60-61H,3-16,19-54H2,1-2H3,(H,59,62)/b18-17-. The molecule has 0 saturated carbocycles. The number of nitrogens with one attached hydrogen (secondary N) is 1. The number of hydrogen-bond donors (Lipinski definition) is 3. The summed E-state index contributed by atoms with van der Waals surface area (Å²) >= 11 is 0. The first-order chi connectivity index (χ1) is 31.5. The van der Waals surface area contributed by atoms with Gasteiger partial charge < -0.3 is 20.3 Å². The Labute approximate surface area is 399 Å². The molecular formula is C58H113NO5. The van der Waals surface area contributed by atoms with Crippen molar-refractivity contribution >= 4 is 11.9 Å². The lowest BCUT2D eigenvalue weighted by Gasteiger charge is -2.22. The Morgan fingerprint density at radius 3 is 1.11 bits per heavy atom. The first-order valence-electron chi connectivity index (χ1n) is 28.9. The lowest BCUT2D eigenvalue weighted by molar-refractivity contribution is -0.143. The number of ether oxygens (including phenoxy) is 1. The van der Waals surface area contributed by atoms with E-state index in [-0.39, 0.29) is 18.5 Å². The van der Waals surface area contributed by atoms with Crippen molar-refractivity contribution < 1.29 is 24.5 Å². The fourth-order valence-electron chi connectivity index (χ4n) is 9.11. The van der Waals surface area contributed by atoms with Crippen LogP contribution in [0.3, 0.4) is 0 Å². The molecular weight excluding hydrogens is 791 g/mol. The first kappa shape index (κ1) is 62.6. The third-order valence-electron chi connectivity index (χ3n) is 13.6.